The Bertz CT molecular complexity index is 1280. The molecule has 2 spiro atoms. The second kappa shape index (κ2) is 8.32. The van der Waals surface area contributed by atoms with Crippen LogP contribution >= 0.6 is 0 Å². The molecule has 2 aliphatic heterocycles. The van der Waals surface area contributed by atoms with E-state index in [4.69, 9.17) is 23.9 Å². The predicted molar refractivity (Wildman–Crippen MR) is 134 cm³/mol. The first-order valence-electron chi connectivity index (χ1n) is 12.1. The third kappa shape index (κ3) is 4.21. The number of hydrogen-bond acceptors (Lipinski definition) is 9. The monoisotopic (exact) mass is 509 g/mol. The van der Waals surface area contributed by atoms with Crippen molar-refractivity contribution in [3.63, 3.8) is 0 Å². The first kappa shape index (κ1) is 24.8. The Morgan fingerprint density at radius 1 is 1.08 bits per heavy atom. The van der Waals surface area contributed by atoms with E-state index in [1.807, 2.05) is 12.1 Å². The number of alkyl carbamates (subject to hydrolysis) is 1. The van der Waals surface area contributed by atoms with Crippen molar-refractivity contribution in [2.75, 3.05) is 19.0 Å². The number of aromatic nitrogens is 2. The summed E-state index contributed by atoms with van der Waals surface area (Å²) in [5.41, 5.74) is -0.864. The fourth-order valence-electron chi connectivity index (χ4n) is 5.27. The van der Waals surface area contributed by atoms with Crippen molar-refractivity contribution < 1.29 is 28.5 Å². The summed E-state index contributed by atoms with van der Waals surface area (Å²) in [5, 5.41) is 5.51. The van der Waals surface area contributed by atoms with Gasteiger partial charge in [0.1, 0.15) is 34.8 Å². The highest BCUT2D eigenvalue weighted by molar-refractivity contribution is 6.02. The molecule has 1 aliphatic carbocycles. The number of nitrogens with zero attached hydrogens (tertiary/aromatic N) is 3. The molecule has 37 heavy (non-hydrogen) atoms. The summed E-state index contributed by atoms with van der Waals surface area (Å²) in [6.07, 6.45) is 3.85. The topological polar surface area (TPSA) is 133 Å². The predicted octanol–water partition coefficient (Wildman–Crippen LogP) is 3.79. The summed E-state index contributed by atoms with van der Waals surface area (Å²) in [4.78, 5) is 38.3. The van der Waals surface area contributed by atoms with E-state index >= 15 is 0 Å². The van der Waals surface area contributed by atoms with Crippen LogP contribution in [0.1, 0.15) is 63.5 Å². The molecule has 0 unspecified atom stereocenters. The zero-order valence-corrected chi connectivity index (χ0v) is 21.8. The van der Waals surface area contributed by atoms with Crippen LogP contribution in [-0.4, -0.2) is 52.9 Å². The zero-order chi connectivity index (χ0) is 26.6. The van der Waals surface area contributed by atoms with Crippen molar-refractivity contribution >= 4 is 23.7 Å². The number of amides is 2. The third-order valence-corrected chi connectivity index (χ3v) is 7.13. The van der Waals surface area contributed by atoms with Crippen molar-refractivity contribution in [1.29, 1.82) is 0 Å². The number of nitrogens with one attached hydrogen (secondary N) is 2. The molecular weight excluding hydrogens is 478 g/mol. The van der Waals surface area contributed by atoms with Gasteiger partial charge in [-0.15, -0.1) is 0 Å². The van der Waals surface area contributed by atoms with E-state index < -0.39 is 28.7 Å². The van der Waals surface area contributed by atoms with Gasteiger partial charge in [0.05, 0.1) is 19.5 Å². The summed E-state index contributed by atoms with van der Waals surface area (Å²) in [6.45, 7) is 9.69. The molecule has 0 radical (unpaired) electrons. The number of fused-ring (bicyclic) bond motifs is 3. The number of benzene rings is 1. The molecule has 5 rings (SSSR count). The number of methoxy groups -OCH3 is 1. The number of ether oxygens (including phenoxy) is 4. The molecule has 11 nitrogen and oxygen atoms in total. The molecule has 1 aromatic heterocycles. The lowest BCUT2D eigenvalue weighted by Gasteiger charge is -2.49. The van der Waals surface area contributed by atoms with Gasteiger partial charge in [-0.1, -0.05) is 0 Å². The van der Waals surface area contributed by atoms with Crippen molar-refractivity contribution in [3.05, 3.63) is 41.9 Å². The first-order chi connectivity index (χ1) is 17.4. The number of carbonyl (C=O) groups excluding carboxylic acids is 2. The molecule has 2 amide bonds. The van der Waals surface area contributed by atoms with Crippen LogP contribution in [0.2, 0.25) is 0 Å². The van der Waals surface area contributed by atoms with Crippen LogP contribution in [-0.2, 0) is 15.0 Å². The molecule has 2 aromatic rings. The molecule has 1 atom stereocenters. The van der Waals surface area contributed by atoms with Gasteiger partial charge in [0.25, 0.3) is 11.9 Å². The average molecular weight is 510 g/mol. The summed E-state index contributed by atoms with van der Waals surface area (Å²) >= 11 is 0. The lowest BCUT2D eigenvalue weighted by molar-refractivity contribution is -0.0478. The van der Waals surface area contributed by atoms with Gasteiger partial charge in [0.2, 0.25) is 5.88 Å². The lowest BCUT2D eigenvalue weighted by atomic mass is 9.66. The molecule has 11 heteroatoms. The SMILES string of the molecule is COc1cnc(C(=O)Nc2ccc3c(c2)[C@@]2(COC(NC(=O)OC(C)(C)C)=N2)C2(CC2)C(C)(C)O3)cn1. The van der Waals surface area contributed by atoms with Gasteiger partial charge in [0.15, 0.2) is 0 Å². The molecule has 1 fully saturated rings. The summed E-state index contributed by atoms with van der Waals surface area (Å²) in [6, 6.07) is 5.54. The molecule has 196 valence electrons. The maximum absolute atomic E-state index is 12.8. The van der Waals surface area contributed by atoms with Crippen LogP contribution in [0.4, 0.5) is 10.5 Å². The molecule has 1 saturated carbocycles. The van der Waals surface area contributed by atoms with Gasteiger partial charge < -0.3 is 24.3 Å². The van der Waals surface area contributed by atoms with Crippen LogP contribution in [0.15, 0.2) is 35.6 Å². The van der Waals surface area contributed by atoms with Crippen LogP contribution < -0.4 is 20.1 Å². The number of carbonyl (C=O) groups is 2. The van der Waals surface area contributed by atoms with Crippen LogP contribution in [0.3, 0.4) is 0 Å². The van der Waals surface area contributed by atoms with Gasteiger partial charge in [-0.3, -0.25) is 4.79 Å². The fraction of sp³-hybridized carbons (Fsp3) is 0.500. The Hall–Kier alpha value is -3.89. The highest BCUT2D eigenvalue weighted by atomic mass is 16.6. The molecule has 0 saturated heterocycles. The average Bonchev–Trinajstić information content (AvgIpc) is 3.55. The van der Waals surface area contributed by atoms with Gasteiger partial charge in [-0.25, -0.2) is 25.1 Å². The zero-order valence-electron chi connectivity index (χ0n) is 21.8. The van der Waals surface area contributed by atoms with Gasteiger partial charge >= 0.3 is 6.09 Å². The Labute approximate surface area is 215 Å². The minimum Gasteiger partial charge on any atom is -0.487 e. The van der Waals surface area contributed by atoms with Crippen molar-refractivity contribution in [1.82, 2.24) is 15.3 Å². The summed E-state index contributed by atoms with van der Waals surface area (Å²) in [7, 11) is 1.48. The van der Waals surface area contributed by atoms with Gasteiger partial charge in [0, 0.05) is 16.7 Å². The minimum absolute atomic E-state index is 0.104. The van der Waals surface area contributed by atoms with Crippen molar-refractivity contribution in [2.24, 2.45) is 10.4 Å². The first-order valence-corrected chi connectivity index (χ1v) is 12.1. The molecule has 0 bridgehead atoms. The van der Waals surface area contributed by atoms with E-state index in [-0.39, 0.29) is 23.7 Å². The number of aliphatic imine (C=N–C) groups is 1. The van der Waals surface area contributed by atoms with E-state index in [1.165, 1.54) is 19.5 Å². The minimum atomic E-state index is -0.810. The summed E-state index contributed by atoms with van der Waals surface area (Å²) < 4.78 is 22.8. The molecule has 1 aromatic carbocycles. The maximum atomic E-state index is 12.8. The van der Waals surface area contributed by atoms with E-state index in [9.17, 15) is 9.59 Å². The van der Waals surface area contributed by atoms with Gasteiger partial charge in [-0.2, -0.15) is 0 Å². The second-order valence-electron chi connectivity index (χ2n) is 11.0. The number of hydrogen-bond donors (Lipinski definition) is 2. The largest absolute Gasteiger partial charge is 0.487 e. The number of amidine groups is 1. The van der Waals surface area contributed by atoms with Crippen LogP contribution in [0, 0.1) is 5.41 Å². The third-order valence-electron chi connectivity index (χ3n) is 7.13. The Morgan fingerprint density at radius 2 is 1.84 bits per heavy atom. The van der Waals surface area contributed by atoms with Crippen molar-refractivity contribution in [2.45, 2.75) is 64.2 Å². The second-order valence-corrected chi connectivity index (χ2v) is 11.0. The Kier molecular flexibility index (Phi) is 5.58. The Balaban J connectivity index is 1.48. The molecule has 3 heterocycles. The van der Waals surface area contributed by atoms with E-state index in [0.29, 0.717) is 17.3 Å². The van der Waals surface area contributed by atoms with E-state index in [2.05, 4.69) is 34.4 Å². The van der Waals surface area contributed by atoms with E-state index in [0.717, 1.165) is 18.4 Å². The number of rotatable bonds is 3. The quantitative estimate of drug-likeness (QED) is 0.638. The van der Waals surface area contributed by atoms with Crippen LogP contribution in [0.25, 0.3) is 0 Å². The van der Waals surface area contributed by atoms with Gasteiger partial charge in [-0.05, 0) is 65.7 Å². The smallest absolute Gasteiger partial charge is 0.415 e. The maximum Gasteiger partial charge on any atom is 0.415 e. The highest BCUT2D eigenvalue weighted by Crippen LogP contribution is 2.71. The molecule has 3 aliphatic rings. The standard InChI is InChI=1S/C26H31N5O6/c1-23(2,3)37-22(33)30-21-31-26(14-35-21)16-11-15(29-20(32)17-12-28-19(34-6)13-27-17)7-8-18(16)36-24(4,5)25(26)9-10-25/h7-8,11-13H,9-10,14H2,1-6H3,(H,29,32)(H,30,31,33)/t26-/m0/s1. The molecular formula is C26H31N5O6. The van der Waals surface area contributed by atoms with Crippen LogP contribution in [0.5, 0.6) is 11.6 Å². The normalized spacial score (nSPS) is 22.3. The van der Waals surface area contributed by atoms with E-state index in [1.54, 1.807) is 26.8 Å². The number of anilines is 1. The lowest BCUT2D eigenvalue weighted by Crippen LogP contribution is -2.55. The fourth-order valence-corrected chi connectivity index (χ4v) is 5.27. The molecule has 2 N–H and O–H groups in total. The Morgan fingerprint density at radius 3 is 2.46 bits per heavy atom. The van der Waals surface area contributed by atoms with Crippen molar-refractivity contribution in [3.8, 4) is 11.6 Å². The summed E-state index contributed by atoms with van der Waals surface area (Å²) in [5.74, 6) is 0.549. The highest BCUT2D eigenvalue weighted by Gasteiger charge is 2.73.